The highest BCUT2D eigenvalue weighted by Gasteiger charge is 2.24. The molecule has 0 radical (unpaired) electrons. The molecule has 12 heavy (non-hydrogen) atoms. The molecule has 0 bridgehead atoms. The Morgan fingerprint density at radius 3 is 3.17 bits per heavy atom. The van der Waals surface area contributed by atoms with E-state index in [0.29, 0.717) is 18.1 Å². The molecule has 68 valence electrons. The van der Waals surface area contributed by atoms with Crippen LogP contribution in [0.2, 0.25) is 0 Å². The van der Waals surface area contributed by atoms with Crippen molar-refractivity contribution < 1.29 is 9.59 Å². The molecule has 1 atom stereocenters. The van der Waals surface area contributed by atoms with E-state index in [1.807, 2.05) is 6.92 Å². The maximum absolute atomic E-state index is 11.2. The lowest BCUT2D eigenvalue weighted by atomic mass is 10.3. The van der Waals surface area contributed by atoms with E-state index in [4.69, 9.17) is 0 Å². The number of carbonyl (C=O) groups is 2. The zero-order valence-corrected chi connectivity index (χ0v) is 7.74. The number of hydrogen-bond acceptors (Lipinski definition) is 3. The summed E-state index contributed by atoms with van der Waals surface area (Å²) < 4.78 is 0. The molecule has 1 rings (SSSR count). The number of rotatable bonds is 2. The average molecular weight is 188 g/mol. The summed E-state index contributed by atoms with van der Waals surface area (Å²) in [6.07, 6.45) is 0. The Hall–Kier alpha value is -0.710. The van der Waals surface area contributed by atoms with E-state index in [1.54, 1.807) is 0 Å². The van der Waals surface area contributed by atoms with Gasteiger partial charge in [-0.05, 0) is 6.92 Å². The molecule has 0 aliphatic carbocycles. The van der Waals surface area contributed by atoms with Gasteiger partial charge in [-0.1, -0.05) is 0 Å². The van der Waals surface area contributed by atoms with Gasteiger partial charge in [0.05, 0.1) is 5.75 Å². The van der Waals surface area contributed by atoms with Gasteiger partial charge in [-0.25, -0.2) is 0 Å². The predicted molar refractivity (Wildman–Crippen MR) is 47.9 cm³/mol. The highest BCUT2D eigenvalue weighted by atomic mass is 32.2. The second-order valence-electron chi connectivity index (χ2n) is 2.53. The first-order valence-electron chi connectivity index (χ1n) is 3.89. The Morgan fingerprint density at radius 1 is 1.83 bits per heavy atom. The van der Waals surface area contributed by atoms with E-state index < -0.39 is 0 Å². The van der Waals surface area contributed by atoms with Crippen molar-refractivity contribution in [2.45, 2.75) is 13.0 Å². The number of thioether (sulfide) groups is 1. The van der Waals surface area contributed by atoms with Gasteiger partial charge in [0.25, 0.3) is 0 Å². The molecular weight excluding hydrogens is 176 g/mol. The number of amides is 2. The van der Waals surface area contributed by atoms with Gasteiger partial charge in [0.15, 0.2) is 0 Å². The molecule has 1 fully saturated rings. The quantitative estimate of drug-likeness (QED) is 0.605. The third-order valence-corrected chi connectivity index (χ3v) is 2.56. The first kappa shape index (κ1) is 9.38. The summed E-state index contributed by atoms with van der Waals surface area (Å²) in [5.41, 5.74) is 0. The molecule has 0 aromatic carbocycles. The molecule has 1 saturated heterocycles. The van der Waals surface area contributed by atoms with E-state index in [9.17, 15) is 9.59 Å². The molecule has 2 amide bonds. The molecular formula is C7H12N2O2S. The van der Waals surface area contributed by atoms with Crippen molar-refractivity contribution in [1.82, 2.24) is 10.6 Å². The van der Waals surface area contributed by atoms with Gasteiger partial charge in [0, 0.05) is 12.3 Å². The minimum Gasteiger partial charge on any atom is -0.355 e. The summed E-state index contributed by atoms with van der Waals surface area (Å²) in [4.78, 5) is 22.1. The van der Waals surface area contributed by atoms with Gasteiger partial charge >= 0.3 is 0 Å². The smallest absolute Gasteiger partial charge is 0.243 e. The van der Waals surface area contributed by atoms with Crippen molar-refractivity contribution >= 4 is 23.6 Å². The Balaban J connectivity index is 2.40. The summed E-state index contributed by atoms with van der Waals surface area (Å²) in [7, 11) is 0. The van der Waals surface area contributed by atoms with E-state index in [-0.39, 0.29) is 17.9 Å². The first-order chi connectivity index (χ1) is 5.74. The third-order valence-electron chi connectivity index (χ3n) is 1.52. The molecule has 4 nitrogen and oxygen atoms in total. The van der Waals surface area contributed by atoms with Crippen LogP contribution < -0.4 is 10.6 Å². The van der Waals surface area contributed by atoms with Crippen molar-refractivity contribution in [1.29, 1.82) is 0 Å². The molecule has 0 aromatic heterocycles. The molecule has 1 aliphatic rings. The molecule has 1 unspecified atom stereocenters. The molecule has 0 aromatic rings. The van der Waals surface area contributed by atoms with Crippen LogP contribution in [0.5, 0.6) is 0 Å². The van der Waals surface area contributed by atoms with E-state index in [0.717, 1.165) is 0 Å². The fourth-order valence-electron chi connectivity index (χ4n) is 0.986. The van der Waals surface area contributed by atoms with Crippen LogP contribution in [0.4, 0.5) is 0 Å². The Morgan fingerprint density at radius 2 is 2.58 bits per heavy atom. The molecule has 2 N–H and O–H groups in total. The SMILES string of the molecule is CCNC(=O)C1CSCC(=O)N1. The van der Waals surface area contributed by atoms with Crippen LogP contribution in [0, 0.1) is 0 Å². The Bertz CT molecular complexity index is 196. The summed E-state index contributed by atoms with van der Waals surface area (Å²) in [6, 6.07) is -0.337. The maximum atomic E-state index is 11.2. The number of nitrogens with one attached hydrogen (secondary N) is 2. The highest BCUT2D eigenvalue weighted by molar-refractivity contribution is 8.00. The van der Waals surface area contributed by atoms with E-state index in [1.165, 1.54) is 11.8 Å². The summed E-state index contributed by atoms with van der Waals surface area (Å²) in [5.74, 6) is 1.01. The maximum Gasteiger partial charge on any atom is 0.243 e. The largest absolute Gasteiger partial charge is 0.355 e. The Labute approximate surface area is 75.5 Å². The second-order valence-corrected chi connectivity index (χ2v) is 3.56. The molecule has 1 aliphatic heterocycles. The minimum atomic E-state index is -0.337. The third kappa shape index (κ3) is 2.41. The fourth-order valence-corrected chi connectivity index (χ4v) is 1.84. The molecule has 1 heterocycles. The van der Waals surface area contributed by atoms with Crippen LogP contribution in [0.3, 0.4) is 0 Å². The van der Waals surface area contributed by atoms with Gasteiger partial charge in [-0.2, -0.15) is 0 Å². The summed E-state index contributed by atoms with van der Waals surface area (Å²) in [5, 5.41) is 5.30. The van der Waals surface area contributed by atoms with Crippen LogP contribution in [-0.2, 0) is 9.59 Å². The van der Waals surface area contributed by atoms with Gasteiger partial charge in [-0.15, -0.1) is 11.8 Å². The monoisotopic (exact) mass is 188 g/mol. The summed E-state index contributed by atoms with van der Waals surface area (Å²) in [6.45, 7) is 2.46. The predicted octanol–water partition coefficient (Wildman–Crippen LogP) is -0.646. The van der Waals surface area contributed by atoms with Gasteiger partial charge in [0.1, 0.15) is 6.04 Å². The normalized spacial score (nSPS) is 23.1. The van der Waals surface area contributed by atoms with E-state index >= 15 is 0 Å². The minimum absolute atomic E-state index is 0.0532. The van der Waals surface area contributed by atoms with Crippen LogP contribution in [0.15, 0.2) is 0 Å². The van der Waals surface area contributed by atoms with Crippen molar-refractivity contribution in [2.75, 3.05) is 18.1 Å². The van der Waals surface area contributed by atoms with E-state index in [2.05, 4.69) is 10.6 Å². The average Bonchev–Trinajstić information content (AvgIpc) is 2.05. The van der Waals surface area contributed by atoms with Gasteiger partial charge in [-0.3, -0.25) is 9.59 Å². The van der Waals surface area contributed by atoms with Crippen molar-refractivity contribution in [3.05, 3.63) is 0 Å². The van der Waals surface area contributed by atoms with Crippen molar-refractivity contribution in [2.24, 2.45) is 0 Å². The van der Waals surface area contributed by atoms with Gasteiger partial charge < -0.3 is 10.6 Å². The summed E-state index contributed by atoms with van der Waals surface area (Å²) >= 11 is 1.49. The standard InChI is InChI=1S/C7H12N2O2S/c1-2-8-7(11)5-3-12-4-6(10)9-5/h5H,2-4H2,1H3,(H,8,11)(H,9,10). The molecule has 0 spiro atoms. The fraction of sp³-hybridized carbons (Fsp3) is 0.714. The van der Waals surface area contributed by atoms with Crippen molar-refractivity contribution in [3.63, 3.8) is 0 Å². The lowest BCUT2D eigenvalue weighted by Gasteiger charge is -2.21. The molecule has 5 heteroatoms. The van der Waals surface area contributed by atoms with Gasteiger partial charge in [0.2, 0.25) is 11.8 Å². The molecule has 0 saturated carbocycles. The number of carbonyl (C=O) groups excluding carboxylic acids is 2. The highest BCUT2D eigenvalue weighted by Crippen LogP contribution is 2.08. The second kappa shape index (κ2) is 4.35. The van der Waals surface area contributed by atoms with Crippen LogP contribution in [0.25, 0.3) is 0 Å². The lowest BCUT2D eigenvalue weighted by Crippen LogP contribution is -2.51. The van der Waals surface area contributed by atoms with Crippen LogP contribution >= 0.6 is 11.8 Å². The zero-order valence-electron chi connectivity index (χ0n) is 6.92. The number of likely N-dealkylation sites (N-methyl/N-ethyl adjacent to an activating group) is 1. The topological polar surface area (TPSA) is 58.2 Å². The zero-order chi connectivity index (χ0) is 8.97. The first-order valence-corrected chi connectivity index (χ1v) is 5.04. The number of hydrogen-bond donors (Lipinski definition) is 2. The van der Waals surface area contributed by atoms with Crippen molar-refractivity contribution in [3.8, 4) is 0 Å². The lowest BCUT2D eigenvalue weighted by molar-refractivity contribution is -0.127. The Kier molecular flexibility index (Phi) is 3.40. The van der Waals surface area contributed by atoms with Crippen LogP contribution in [0.1, 0.15) is 6.92 Å². The van der Waals surface area contributed by atoms with Crippen LogP contribution in [-0.4, -0.2) is 35.9 Å².